The molecule has 0 fully saturated rings. The topological polar surface area (TPSA) is 48.0 Å². The fourth-order valence-corrected chi connectivity index (χ4v) is 0.877. The van der Waals surface area contributed by atoms with E-state index in [1.54, 1.807) is 6.07 Å². The molecule has 0 saturated carbocycles. The van der Waals surface area contributed by atoms with Crippen LogP contribution in [-0.4, -0.2) is 17.4 Å². The van der Waals surface area contributed by atoms with Gasteiger partial charge in [-0.2, -0.15) is 0 Å². The smallest absolute Gasteiger partial charge is 0.166 e. The fourth-order valence-electron chi connectivity index (χ4n) is 0.877. The molecule has 0 aromatic carbocycles. The van der Waals surface area contributed by atoms with Crippen molar-refractivity contribution in [1.29, 1.82) is 0 Å². The zero-order valence-corrected chi connectivity index (χ0v) is 5.66. The van der Waals surface area contributed by atoms with Crippen molar-refractivity contribution in [2.45, 2.75) is 6.54 Å². The number of aldehydes is 1. The first kappa shape index (κ1) is 7.02. The van der Waals surface area contributed by atoms with Crippen molar-refractivity contribution in [3.63, 3.8) is 0 Å². The maximum absolute atomic E-state index is 10.3. The van der Waals surface area contributed by atoms with Crippen molar-refractivity contribution in [2.75, 3.05) is 6.54 Å². The van der Waals surface area contributed by atoms with Gasteiger partial charge in [0.25, 0.3) is 0 Å². The van der Waals surface area contributed by atoms with Crippen molar-refractivity contribution >= 4 is 6.29 Å². The summed E-state index contributed by atoms with van der Waals surface area (Å²) < 4.78 is 1.83. The predicted molar refractivity (Wildman–Crippen MR) is 38.9 cm³/mol. The Morgan fingerprint density at radius 3 is 3.10 bits per heavy atom. The second kappa shape index (κ2) is 3.17. The van der Waals surface area contributed by atoms with E-state index in [-0.39, 0.29) is 0 Å². The summed E-state index contributed by atoms with van der Waals surface area (Å²) in [7, 11) is 0. The molecule has 1 aromatic heterocycles. The molecule has 10 heavy (non-hydrogen) atoms. The molecule has 2 N–H and O–H groups in total. The van der Waals surface area contributed by atoms with Crippen LogP contribution in [0, 0.1) is 0 Å². The zero-order chi connectivity index (χ0) is 7.40. The van der Waals surface area contributed by atoms with Crippen molar-refractivity contribution in [1.82, 2.24) is 4.57 Å². The van der Waals surface area contributed by atoms with Crippen LogP contribution in [0.2, 0.25) is 0 Å². The highest BCUT2D eigenvalue weighted by Crippen LogP contribution is 1.96. The molecule has 54 valence electrons. The number of carbonyl (C=O) groups excluding carboxylic acids is 1. The van der Waals surface area contributed by atoms with E-state index >= 15 is 0 Å². The largest absolute Gasteiger partial charge is 0.344 e. The Labute approximate surface area is 59.4 Å². The number of nitrogens with zero attached hydrogens (tertiary/aromatic N) is 1. The number of hydrogen-bond acceptors (Lipinski definition) is 2. The Hall–Kier alpha value is -1.09. The van der Waals surface area contributed by atoms with Gasteiger partial charge in [-0.15, -0.1) is 0 Å². The number of hydrogen-bond donors (Lipinski definition) is 1. The Morgan fingerprint density at radius 1 is 1.70 bits per heavy atom. The third-order valence-corrected chi connectivity index (χ3v) is 1.36. The van der Waals surface area contributed by atoms with Crippen molar-refractivity contribution in [3.8, 4) is 0 Å². The van der Waals surface area contributed by atoms with Crippen molar-refractivity contribution < 1.29 is 4.79 Å². The van der Waals surface area contributed by atoms with Gasteiger partial charge < -0.3 is 10.3 Å². The summed E-state index contributed by atoms with van der Waals surface area (Å²) >= 11 is 0. The van der Waals surface area contributed by atoms with Gasteiger partial charge in [-0.3, -0.25) is 4.79 Å². The lowest BCUT2D eigenvalue weighted by atomic mass is 10.5. The summed E-state index contributed by atoms with van der Waals surface area (Å²) in [5.41, 5.74) is 5.99. The van der Waals surface area contributed by atoms with Crippen LogP contribution in [0.15, 0.2) is 18.3 Å². The number of rotatable bonds is 3. The van der Waals surface area contributed by atoms with Gasteiger partial charge in [-0.25, -0.2) is 0 Å². The lowest BCUT2D eigenvalue weighted by molar-refractivity contribution is 0.111. The second-order valence-corrected chi connectivity index (χ2v) is 2.03. The van der Waals surface area contributed by atoms with Gasteiger partial charge in [0, 0.05) is 19.3 Å². The summed E-state index contributed by atoms with van der Waals surface area (Å²) in [5.74, 6) is 0. The van der Waals surface area contributed by atoms with Crippen LogP contribution in [-0.2, 0) is 6.54 Å². The molecule has 0 radical (unpaired) electrons. The lowest BCUT2D eigenvalue weighted by Crippen LogP contribution is -2.10. The van der Waals surface area contributed by atoms with Gasteiger partial charge in [0.15, 0.2) is 6.29 Å². The first-order valence-electron chi connectivity index (χ1n) is 3.19. The fraction of sp³-hybridized carbons (Fsp3) is 0.286. The van der Waals surface area contributed by atoms with Crippen LogP contribution in [0.5, 0.6) is 0 Å². The van der Waals surface area contributed by atoms with E-state index in [1.165, 1.54) is 0 Å². The quantitative estimate of drug-likeness (QED) is 0.609. The molecule has 0 aliphatic carbocycles. The van der Waals surface area contributed by atoms with Crippen LogP contribution in [0.25, 0.3) is 0 Å². The minimum absolute atomic E-state index is 0.565. The van der Waals surface area contributed by atoms with E-state index in [0.717, 1.165) is 6.29 Å². The average Bonchev–Trinajstić information content (AvgIpc) is 2.36. The van der Waals surface area contributed by atoms with Gasteiger partial charge in [0.2, 0.25) is 0 Å². The third-order valence-electron chi connectivity index (χ3n) is 1.36. The van der Waals surface area contributed by atoms with Crippen molar-refractivity contribution in [2.24, 2.45) is 5.73 Å². The Morgan fingerprint density at radius 2 is 2.50 bits per heavy atom. The molecule has 0 aliphatic rings. The van der Waals surface area contributed by atoms with Gasteiger partial charge in [-0.05, 0) is 12.1 Å². The minimum Gasteiger partial charge on any atom is -0.344 e. The molecular formula is C7H10N2O. The van der Waals surface area contributed by atoms with E-state index in [4.69, 9.17) is 5.73 Å². The Bertz CT molecular complexity index is 217. The Balaban J connectivity index is 2.79. The van der Waals surface area contributed by atoms with Crippen LogP contribution in [0.4, 0.5) is 0 Å². The van der Waals surface area contributed by atoms with Crippen LogP contribution in [0.1, 0.15) is 10.5 Å². The van der Waals surface area contributed by atoms with Gasteiger partial charge in [0.05, 0.1) is 5.69 Å². The summed E-state index contributed by atoms with van der Waals surface area (Å²) in [6.45, 7) is 1.27. The summed E-state index contributed by atoms with van der Waals surface area (Å²) in [6, 6.07) is 3.60. The van der Waals surface area contributed by atoms with E-state index in [2.05, 4.69) is 0 Å². The lowest BCUT2D eigenvalue weighted by Gasteiger charge is -2.00. The first-order chi connectivity index (χ1) is 4.88. The summed E-state index contributed by atoms with van der Waals surface area (Å²) in [5, 5.41) is 0. The molecule has 1 heterocycles. The molecule has 0 atom stereocenters. The molecular weight excluding hydrogens is 128 g/mol. The second-order valence-electron chi connectivity index (χ2n) is 2.03. The molecule has 0 amide bonds. The zero-order valence-electron chi connectivity index (χ0n) is 5.66. The highest BCUT2D eigenvalue weighted by Gasteiger charge is 1.95. The maximum Gasteiger partial charge on any atom is 0.166 e. The average molecular weight is 138 g/mol. The summed E-state index contributed by atoms with van der Waals surface area (Å²) in [6.07, 6.45) is 2.67. The maximum atomic E-state index is 10.3. The summed E-state index contributed by atoms with van der Waals surface area (Å²) in [4.78, 5) is 10.3. The number of nitrogens with two attached hydrogens (primary N) is 1. The van der Waals surface area contributed by atoms with Crippen molar-refractivity contribution in [3.05, 3.63) is 24.0 Å². The molecule has 0 aliphatic heterocycles. The van der Waals surface area contributed by atoms with E-state index in [0.29, 0.717) is 18.8 Å². The molecule has 0 saturated heterocycles. The van der Waals surface area contributed by atoms with Gasteiger partial charge >= 0.3 is 0 Å². The molecule has 0 spiro atoms. The minimum atomic E-state index is 0.565. The molecule has 1 rings (SSSR count). The van der Waals surface area contributed by atoms with E-state index in [1.807, 2.05) is 16.8 Å². The highest BCUT2D eigenvalue weighted by atomic mass is 16.1. The highest BCUT2D eigenvalue weighted by molar-refractivity contribution is 5.72. The van der Waals surface area contributed by atoms with Crippen LogP contribution < -0.4 is 5.73 Å². The van der Waals surface area contributed by atoms with E-state index < -0.39 is 0 Å². The number of aromatic nitrogens is 1. The normalized spacial score (nSPS) is 9.70. The predicted octanol–water partition coefficient (Wildman–Crippen LogP) is 0.259. The molecule has 3 heteroatoms. The molecule has 1 aromatic rings. The van der Waals surface area contributed by atoms with Gasteiger partial charge in [-0.1, -0.05) is 0 Å². The van der Waals surface area contributed by atoms with Gasteiger partial charge in [0.1, 0.15) is 0 Å². The molecule has 3 nitrogen and oxygen atoms in total. The first-order valence-corrected chi connectivity index (χ1v) is 3.19. The van der Waals surface area contributed by atoms with Crippen LogP contribution >= 0.6 is 0 Å². The Kier molecular flexibility index (Phi) is 2.23. The van der Waals surface area contributed by atoms with E-state index in [9.17, 15) is 4.79 Å². The number of carbonyl (C=O) groups is 1. The SMILES string of the molecule is NCCn1cccc1C=O. The van der Waals surface area contributed by atoms with Crippen LogP contribution in [0.3, 0.4) is 0 Å². The third kappa shape index (κ3) is 1.25. The standard InChI is InChI=1S/C7H10N2O/c8-3-5-9-4-1-2-7(9)6-10/h1-2,4,6H,3,5,8H2. The molecule has 0 unspecified atom stereocenters. The molecule has 0 bridgehead atoms. The monoisotopic (exact) mass is 138 g/mol.